The van der Waals surface area contributed by atoms with Crippen LogP contribution in [-0.2, 0) is 9.47 Å². The fourth-order valence-electron chi connectivity index (χ4n) is 4.69. The van der Waals surface area contributed by atoms with Gasteiger partial charge in [-0.15, -0.1) is 0 Å². The highest BCUT2D eigenvalue weighted by Crippen LogP contribution is 2.40. The number of anilines is 1. The first-order valence-corrected chi connectivity index (χ1v) is 10.3. The summed E-state index contributed by atoms with van der Waals surface area (Å²) in [4.78, 5) is 11.3. The Hall–Kier alpha value is -1.35. The van der Waals surface area contributed by atoms with Crippen LogP contribution in [0.1, 0.15) is 52.3 Å². The second-order valence-electron chi connectivity index (χ2n) is 9.08. The first-order chi connectivity index (χ1) is 13.3. The number of nitrogens with one attached hydrogen (secondary N) is 2. The Morgan fingerprint density at radius 3 is 2.86 bits per heavy atom. The lowest BCUT2D eigenvalue weighted by atomic mass is 9.78. The Kier molecular flexibility index (Phi) is 5.57. The first kappa shape index (κ1) is 19.9. The molecule has 1 aromatic heterocycles. The van der Waals surface area contributed by atoms with Gasteiger partial charge in [0.05, 0.1) is 36.2 Å². The third kappa shape index (κ3) is 4.15. The van der Waals surface area contributed by atoms with Crippen LogP contribution in [0.25, 0.3) is 0 Å². The van der Waals surface area contributed by atoms with E-state index in [1.807, 2.05) is 13.8 Å². The van der Waals surface area contributed by atoms with Gasteiger partial charge in [0, 0.05) is 31.1 Å². The molecule has 2 N–H and O–H groups in total. The van der Waals surface area contributed by atoms with Crippen molar-refractivity contribution in [1.82, 2.24) is 20.8 Å². The minimum absolute atomic E-state index is 0.0200. The maximum absolute atomic E-state index is 14.5. The number of morpholine rings is 1. The van der Waals surface area contributed by atoms with Gasteiger partial charge in [0.15, 0.2) is 0 Å². The van der Waals surface area contributed by atoms with E-state index < -0.39 is 6.17 Å². The monoisotopic (exact) mass is 393 g/mol. The molecule has 0 spiro atoms. The van der Waals surface area contributed by atoms with Gasteiger partial charge in [-0.05, 0) is 40.5 Å². The molecule has 1 saturated carbocycles. The summed E-state index contributed by atoms with van der Waals surface area (Å²) in [5.74, 6) is 1.15. The lowest BCUT2D eigenvalue weighted by Crippen LogP contribution is -2.48. The number of ether oxygens (including phenoxy) is 2. The second kappa shape index (κ2) is 7.82. The number of nitrogens with zero attached hydrogens (tertiary/aromatic N) is 3. The van der Waals surface area contributed by atoms with Crippen LogP contribution in [0.15, 0.2) is 12.4 Å². The summed E-state index contributed by atoms with van der Waals surface area (Å²) in [7, 11) is 0. The molecule has 2 saturated heterocycles. The minimum atomic E-state index is -0.937. The maximum atomic E-state index is 14.5. The smallest absolute Gasteiger partial charge is 0.132 e. The summed E-state index contributed by atoms with van der Waals surface area (Å²) in [5, 5.41) is 0. The molecule has 4 rings (SSSR count). The van der Waals surface area contributed by atoms with Gasteiger partial charge in [0.1, 0.15) is 18.3 Å². The Balaban J connectivity index is 1.51. The summed E-state index contributed by atoms with van der Waals surface area (Å²) >= 11 is 0. The van der Waals surface area contributed by atoms with Crippen molar-refractivity contribution in [2.45, 2.75) is 76.6 Å². The topological polar surface area (TPSA) is 71.5 Å². The predicted molar refractivity (Wildman–Crippen MR) is 105 cm³/mol. The molecular weight excluding hydrogens is 361 g/mol. The van der Waals surface area contributed by atoms with Crippen molar-refractivity contribution in [3.05, 3.63) is 18.1 Å². The summed E-state index contributed by atoms with van der Waals surface area (Å²) in [6.07, 6.45) is 1.50. The van der Waals surface area contributed by atoms with Crippen LogP contribution in [0, 0.1) is 5.92 Å². The van der Waals surface area contributed by atoms with Crippen LogP contribution >= 0.6 is 0 Å². The van der Waals surface area contributed by atoms with Gasteiger partial charge in [-0.2, -0.15) is 0 Å². The van der Waals surface area contributed by atoms with Crippen LogP contribution in [0.4, 0.5) is 10.2 Å². The summed E-state index contributed by atoms with van der Waals surface area (Å²) < 4.78 is 26.2. The van der Waals surface area contributed by atoms with Crippen LogP contribution in [0.2, 0.25) is 0 Å². The van der Waals surface area contributed by atoms with Crippen molar-refractivity contribution in [1.29, 1.82) is 0 Å². The van der Waals surface area contributed by atoms with E-state index in [-0.39, 0.29) is 35.8 Å². The molecule has 3 aliphatic rings. The Morgan fingerprint density at radius 2 is 2.11 bits per heavy atom. The second-order valence-corrected chi connectivity index (χ2v) is 9.08. The van der Waals surface area contributed by atoms with Crippen molar-refractivity contribution in [2.75, 3.05) is 24.6 Å². The molecule has 3 fully saturated rings. The zero-order valence-electron chi connectivity index (χ0n) is 17.2. The van der Waals surface area contributed by atoms with Gasteiger partial charge in [0.2, 0.25) is 0 Å². The third-order valence-electron chi connectivity index (χ3n) is 5.95. The van der Waals surface area contributed by atoms with E-state index in [9.17, 15) is 4.39 Å². The van der Waals surface area contributed by atoms with Gasteiger partial charge >= 0.3 is 0 Å². The largest absolute Gasteiger partial charge is 0.373 e. The molecule has 8 heteroatoms. The fourth-order valence-corrected chi connectivity index (χ4v) is 4.69. The summed E-state index contributed by atoms with van der Waals surface area (Å²) in [6.45, 7) is 10.4. The Labute approximate surface area is 166 Å². The molecular formula is C20H32FN5O2. The molecule has 0 bridgehead atoms. The van der Waals surface area contributed by atoms with Gasteiger partial charge in [-0.25, -0.2) is 19.8 Å². The van der Waals surface area contributed by atoms with E-state index in [1.165, 1.54) is 0 Å². The maximum Gasteiger partial charge on any atom is 0.132 e. The number of hydrazine groups is 1. The van der Waals surface area contributed by atoms with Crippen LogP contribution in [0.3, 0.4) is 0 Å². The third-order valence-corrected chi connectivity index (χ3v) is 5.95. The lowest BCUT2D eigenvalue weighted by Gasteiger charge is -2.39. The molecule has 1 aliphatic carbocycles. The summed E-state index contributed by atoms with van der Waals surface area (Å²) in [5.41, 5.74) is 7.38. The Bertz CT molecular complexity index is 688. The highest BCUT2D eigenvalue weighted by molar-refractivity contribution is 5.41. The highest BCUT2D eigenvalue weighted by atomic mass is 19.1. The SMILES string of the molecule is CC(C)OC1CC2C(CC1F)NNC2c1cc(N2CCOC(C)(C)C2)ncn1. The average Bonchev–Trinajstić information content (AvgIpc) is 3.03. The van der Waals surface area contributed by atoms with E-state index in [1.54, 1.807) is 6.33 Å². The number of aromatic nitrogens is 2. The Morgan fingerprint density at radius 1 is 1.29 bits per heavy atom. The van der Waals surface area contributed by atoms with Crippen LogP contribution in [0.5, 0.6) is 0 Å². The van der Waals surface area contributed by atoms with Crippen molar-refractivity contribution < 1.29 is 13.9 Å². The number of halogens is 1. The summed E-state index contributed by atoms with van der Waals surface area (Å²) in [6, 6.07) is 2.17. The lowest BCUT2D eigenvalue weighted by molar-refractivity contribution is -0.0708. The number of hydrogen-bond acceptors (Lipinski definition) is 7. The van der Waals surface area contributed by atoms with Crippen molar-refractivity contribution >= 4 is 5.82 Å². The van der Waals surface area contributed by atoms with Gasteiger partial charge in [-0.3, -0.25) is 5.43 Å². The van der Waals surface area contributed by atoms with Crippen molar-refractivity contribution in [3.63, 3.8) is 0 Å². The molecule has 7 nitrogen and oxygen atoms in total. The minimum Gasteiger partial charge on any atom is -0.373 e. The van der Waals surface area contributed by atoms with Crippen molar-refractivity contribution in [2.24, 2.45) is 5.92 Å². The molecule has 1 aromatic rings. The molecule has 3 heterocycles. The molecule has 5 atom stereocenters. The predicted octanol–water partition coefficient (Wildman–Crippen LogP) is 2.15. The average molecular weight is 394 g/mol. The van der Waals surface area contributed by atoms with Gasteiger partial charge < -0.3 is 14.4 Å². The molecule has 2 aliphatic heterocycles. The van der Waals surface area contributed by atoms with E-state index in [0.29, 0.717) is 19.4 Å². The molecule has 0 aromatic carbocycles. The quantitative estimate of drug-likeness (QED) is 0.812. The molecule has 5 unspecified atom stereocenters. The molecule has 156 valence electrons. The number of rotatable bonds is 4. The zero-order chi connectivity index (χ0) is 19.9. The van der Waals surface area contributed by atoms with E-state index in [2.05, 4.69) is 45.6 Å². The number of fused-ring (bicyclic) bond motifs is 1. The first-order valence-electron chi connectivity index (χ1n) is 10.3. The van der Waals surface area contributed by atoms with Gasteiger partial charge in [-0.1, -0.05) is 0 Å². The van der Waals surface area contributed by atoms with Crippen LogP contribution < -0.4 is 15.8 Å². The van der Waals surface area contributed by atoms with Crippen LogP contribution in [-0.4, -0.2) is 59.7 Å². The standard InChI is InChI=1S/C20H32FN5O2/c1-12(2)28-17-7-13-15(8-14(17)21)24-25-19(13)16-9-18(23-11-22-16)26-5-6-27-20(3,4)10-26/h9,11-15,17,19,24-25H,5-8,10H2,1-4H3. The molecule has 28 heavy (non-hydrogen) atoms. The zero-order valence-corrected chi connectivity index (χ0v) is 17.2. The number of alkyl halides is 1. The van der Waals surface area contributed by atoms with Gasteiger partial charge in [0.25, 0.3) is 0 Å². The number of hydrogen-bond donors (Lipinski definition) is 2. The fraction of sp³-hybridized carbons (Fsp3) is 0.800. The van der Waals surface area contributed by atoms with E-state index in [4.69, 9.17) is 9.47 Å². The van der Waals surface area contributed by atoms with Crippen molar-refractivity contribution in [3.8, 4) is 0 Å². The highest BCUT2D eigenvalue weighted by Gasteiger charge is 2.46. The molecule has 0 amide bonds. The van der Waals surface area contributed by atoms with E-state index >= 15 is 0 Å². The normalized spacial score (nSPS) is 35.2. The molecule has 0 radical (unpaired) electrons. The van der Waals surface area contributed by atoms with E-state index in [0.717, 1.165) is 24.6 Å².